The summed E-state index contributed by atoms with van der Waals surface area (Å²) in [5.41, 5.74) is 3.23. The van der Waals surface area contributed by atoms with E-state index < -0.39 is 19.3 Å². The van der Waals surface area contributed by atoms with E-state index in [-0.39, 0.29) is 5.41 Å². The molecule has 0 saturated carbocycles. The molecule has 5 nitrogen and oxygen atoms in total. The van der Waals surface area contributed by atoms with Crippen molar-refractivity contribution in [3.05, 3.63) is 78.1 Å². The fourth-order valence-electron chi connectivity index (χ4n) is 4.09. The van der Waals surface area contributed by atoms with Gasteiger partial charge in [-0.2, -0.15) is 5.26 Å². The standard InChI is InChI=1S/C27H34N4OSi/c1-25(2,3)27(32-33(6,7)8,23-16-29-19-30-17-23)24-14-11-21(15-31-24)20-9-12-22(13-10-20)26(4,5)18-28/h9-17,19H,1-8H3. The molecule has 2 heterocycles. The molecule has 1 unspecified atom stereocenters. The summed E-state index contributed by atoms with van der Waals surface area (Å²) in [4.78, 5) is 13.5. The number of hydrogen-bond acceptors (Lipinski definition) is 5. The van der Waals surface area contributed by atoms with E-state index in [1.165, 1.54) is 0 Å². The van der Waals surface area contributed by atoms with Crippen molar-refractivity contribution in [3.63, 3.8) is 0 Å². The topological polar surface area (TPSA) is 71.7 Å². The van der Waals surface area contributed by atoms with E-state index in [0.717, 1.165) is 27.9 Å². The van der Waals surface area contributed by atoms with E-state index in [2.05, 4.69) is 68.6 Å². The first kappa shape index (κ1) is 24.8. The predicted molar refractivity (Wildman–Crippen MR) is 135 cm³/mol. The van der Waals surface area contributed by atoms with Crippen LogP contribution in [0.2, 0.25) is 19.6 Å². The van der Waals surface area contributed by atoms with Gasteiger partial charge in [-0.1, -0.05) is 51.1 Å². The number of hydrogen-bond donors (Lipinski definition) is 0. The summed E-state index contributed by atoms with van der Waals surface area (Å²) >= 11 is 0. The Kier molecular flexibility index (Phi) is 6.61. The summed E-state index contributed by atoms with van der Waals surface area (Å²) in [6.07, 6.45) is 7.12. The van der Waals surface area contributed by atoms with E-state index in [0.29, 0.717) is 0 Å². The number of nitriles is 1. The first-order valence-electron chi connectivity index (χ1n) is 11.2. The van der Waals surface area contributed by atoms with Crippen LogP contribution in [0.25, 0.3) is 11.1 Å². The Morgan fingerprint density at radius 3 is 1.82 bits per heavy atom. The van der Waals surface area contributed by atoms with Gasteiger partial charge in [-0.05, 0) is 50.7 Å². The molecule has 0 aliphatic rings. The Morgan fingerprint density at radius 1 is 0.788 bits per heavy atom. The third-order valence-corrected chi connectivity index (χ3v) is 6.74. The van der Waals surface area contributed by atoms with Gasteiger partial charge in [-0.3, -0.25) is 4.98 Å². The van der Waals surface area contributed by atoms with E-state index in [4.69, 9.17) is 9.41 Å². The lowest BCUT2D eigenvalue weighted by Crippen LogP contribution is -2.50. The maximum absolute atomic E-state index is 9.40. The monoisotopic (exact) mass is 458 g/mol. The van der Waals surface area contributed by atoms with Gasteiger partial charge in [0.05, 0.1) is 17.2 Å². The summed E-state index contributed by atoms with van der Waals surface area (Å²) in [5, 5.41) is 9.40. The van der Waals surface area contributed by atoms with Crippen molar-refractivity contribution in [2.24, 2.45) is 5.41 Å². The molecule has 2 aromatic heterocycles. The molecule has 0 aliphatic heterocycles. The number of pyridine rings is 1. The second kappa shape index (κ2) is 8.81. The van der Waals surface area contributed by atoms with Gasteiger partial charge >= 0.3 is 0 Å². The highest BCUT2D eigenvalue weighted by molar-refractivity contribution is 6.69. The maximum Gasteiger partial charge on any atom is 0.185 e. The summed E-state index contributed by atoms with van der Waals surface area (Å²) in [5.74, 6) is 0. The molecule has 1 aromatic carbocycles. The Labute approximate surface area is 199 Å². The molecule has 0 N–H and O–H groups in total. The van der Waals surface area contributed by atoms with Crippen LogP contribution < -0.4 is 0 Å². The number of benzene rings is 1. The number of aromatic nitrogens is 3. The highest BCUT2D eigenvalue weighted by atomic mass is 28.4. The number of nitrogens with zero attached hydrogens (tertiary/aromatic N) is 4. The lowest BCUT2D eigenvalue weighted by atomic mass is 9.70. The van der Waals surface area contributed by atoms with Gasteiger partial charge in [0.2, 0.25) is 0 Å². The summed E-state index contributed by atoms with van der Waals surface area (Å²) < 4.78 is 6.94. The van der Waals surface area contributed by atoms with Gasteiger partial charge in [0.25, 0.3) is 0 Å². The third-order valence-electron chi connectivity index (χ3n) is 5.83. The first-order valence-corrected chi connectivity index (χ1v) is 14.7. The highest BCUT2D eigenvalue weighted by Gasteiger charge is 2.50. The van der Waals surface area contributed by atoms with Crippen LogP contribution in [0.5, 0.6) is 0 Å². The molecule has 0 fully saturated rings. The number of rotatable bonds is 6. The predicted octanol–water partition coefficient (Wildman–Crippen LogP) is 6.48. The molecule has 0 spiro atoms. The minimum absolute atomic E-state index is 0.295. The molecule has 172 valence electrons. The summed E-state index contributed by atoms with van der Waals surface area (Å²) in [6, 6.07) is 14.6. The lowest BCUT2D eigenvalue weighted by Gasteiger charge is -2.47. The highest BCUT2D eigenvalue weighted by Crippen LogP contribution is 2.48. The van der Waals surface area contributed by atoms with Crippen molar-refractivity contribution in [1.82, 2.24) is 15.0 Å². The summed E-state index contributed by atoms with van der Waals surface area (Å²) in [7, 11) is -2.00. The minimum Gasteiger partial charge on any atom is -0.402 e. The van der Waals surface area contributed by atoms with Crippen LogP contribution in [0.1, 0.15) is 51.4 Å². The van der Waals surface area contributed by atoms with Gasteiger partial charge in [-0.25, -0.2) is 9.97 Å². The molecule has 6 heteroatoms. The molecule has 33 heavy (non-hydrogen) atoms. The van der Waals surface area contributed by atoms with Crippen LogP contribution >= 0.6 is 0 Å². The minimum atomic E-state index is -2.00. The fraction of sp³-hybridized carbons (Fsp3) is 0.407. The molecule has 0 bridgehead atoms. The van der Waals surface area contributed by atoms with E-state index in [1.54, 1.807) is 6.33 Å². The maximum atomic E-state index is 9.40. The Morgan fingerprint density at radius 2 is 1.36 bits per heavy atom. The molecule has 0 aliphatic carbocycles. The van der Waals surface area contributed by atoms with Crippen LogP contribution in [0.3, 0.4) is 0 Å². The van der Waals surface area contributed by atoms with Crippen molar-refractivity contribution >= 4 is 8.32 Å². The molecule has 3 rings (SSSR count). The van der Waals surface area contributed by atoms with E-state index >= 15 is 0 Å². The van der Waals surface area contributed by atoms with Gasteiger partial charge in [0.15, 0.2) is 8.32 Å². The molecular formula is C27H34N4OSi. The SMILES string of the molecule is CC(C)(C#N)c1ccc(-c2ccc(C(O[Si](C)(C)C)(c3cncnc3)C(C)(C)C)nc2)cc1. The largest absolute Gasteiger partial charge is 0.402 e. The van der Waals surface area contributed by atoms with Crippen LogP contribution in [0.15, 0.2) is 61.3 Å². The van der Waals surface area contributed by atoms with Crippen LogP contribution in [-0.2, 0) is 15.4 Å². The zero-order valence-corrected chi connectivity index (χ0v) is 22.0. The van der Waals surface area contributed by atoms with Crippen molar-refractivity contribution < 1.29 is 4.43 Å². The van der Waals surface area contributed by atoms with E-state index in [9.17, 15) is 5.26 Å². The smallest absolute Gasteiger partial charge is 0.185 e. The quantitative estimate of drug-likeness (QED) is 0.395. The second-order valence-corrected chi connectivity index (χ2v) is 15.4. The lowest BCUT2D eigenvalue weighted by molar-refractivity contribution is -0.0123. The average Bonchev–Trinajstić information content (AvgIpc) is 2.77. The molecule has 1 atom stereocenters. The fourth-order valence-corrected chi connectivity index (χ4v) is 5.53. The molecule has 0 amide bonds. The van der Waals surface area contributed by atoms with Gasteiger partial charge in [0.1, 0.15) is 11.9 Å². The molecule has 0 saturated heterocycles. The Bertz CT molecular complexity index is 1120. The van der Waals surface area contributed by atoms with Gasteiger partial charge < -0.3 is 4.43 Å². The van der Waals surface area contributed by atoms with E-state index in [1.807, 2.05) is 56.7 Å². The van der Waals surface area contributed by atoms with Crippen molar-refractivity contribution in [1.29, 1.82) is 5.26 Å². The Balaban J connectivity index is 2.09. The summed E-state index contributed by atoms with van der Waals surface area (Å²) in [6.45, 7) is 16.9. The Hall–Kier alpha value is -2.88. The zero-order valence-electron chi connectivity index (χ0n) is 21.0. The van der Waals surface area contributed by atoms with Crippen LogP contribution in [0.4, 0.5) is 0 Å². The molecule has 3 aromatic rings. The third kappa shape index (κ3) is 5.05. The zero-order chi connectivity index (χ0) is 24.5. The average molecular weight is 459 g/mol. The second-order valence-electron chi connectivity index (χ2n) is 11.0. The van der Waals surface area contributed by atoms with Gasteiger partial charge in [-0.15, -0.1) is 0 Å². The van der Waals surface area contributed by atoms with Crippen molar-refractivity contribution in [3.8, 4) is 17.2 Å². The molecule has 0 radical (unpaired) electrons. The van der Waals surface area contributed by atoms with Gasteiger partial charge in [0, 0.05) is 35.1 Å². The normalized spacial score (nSPS) is 14.4. The molecular weight excluding hydrogens is 424 g/mol. The van der Waals surface area contributed by atoms with Crippen molar-refractivity contribution in [2.75, 3.05) is 0 Å². The van der Waals surface area contributed by atoms with Crippen LogP contribution in [-0.4, -0.2) is 23.3 Å². The van der Waals surface area contributed by atoms with Crippen LogP contribution in [0, 0.1) is 16.7 Å². The van der Waals surface area contributed by atoms with Crippen molar-refractivity contribution in [2.45, 2.75) is 65.3 Å². The first-order chi connectivity index (χ1) is 15.3.